The maximum absolute atomic E-state index is 13.1. The van der Waals surface area contributed by atoms with E-state index < -0.39 is 5.97 Å². The standard InChI is InChI=1S/C31H33N5O5S2/c1-3-41-30(39)27-23-11-7-8-12-24(23)43-29(27)33-26(37)19-42-31-35-34-25(36(31)18-20-9-5-4-6-10-20)17-32-28(38)21-13-15-22(40-2)16-14-21/h4-6,9-10,13-16H,3,7-8,11-12,17-19H2,1-2H3,(H,32,38)(H,33,37). The summed E-state index contributed by atoms with van der Waals surface area (Å²) in [7, 11) is 1.57. The van der Waals surface area contributed by atoms with E-state index in [-0.39, 0.29) is 30.7 Å². The van der Waals surface area contributed by atoms with E-state index in [0.29, 0.717) is 39.4 Å². The molecule has 2 heterocycles. The molecule has 5 rings (SSSR count). The van der Waals surface area contributed by atoms with Crippen LogP contribution in [0.15, 0.2) is 59.8 Å². The minimum absolute atomic E-state index is 0.0654. The second-order valence-electron chi connectivity index (χ2n) is 9.85. The number of esters is 1. The monoisotopic (exact) mass is 619 g/mol. The molecule has 43 heavy (non-hydrogen) atoms. The number of thiophene rings is 1. The predicted molar refractivity (Wildman–Crippen MR) is 166 cm³/mol. The Labute approximate surface area is 258 Å². The van der Waals surface area contributed by atoms with Gasteiger partial charge in [-0.3, -0.25) is 9.59 Å². The molecule has 4 aromatic rings. The van der Waals surface area contributed by atoms with E-state index in [1.807, 2.05) is 34.9 Å². The van der Waals surface area contributed by atoms with Crippen LogP contribution in [0, 0.1) is 0 Å². The summed E-state index contributed by atoms with van der Waals surface area (Å²) in [6.45, 7) is 2.67. The molecule has 2 N–H and O–H groups in total. The Balaban J connectivity index is 1.29. The molecule has 0 unspecified atom stereocenters. The Kier molecular flexibility index (Phi) is 10.1. The van der Waals surface area contributed by atoms with Gasteiger partial charge in [-0.1, -0.05) is 42.1 Å². The van der Waals surface area contributed by atoms with Crippen LogP contribution >= 0.6 is 23.1 Å². The van der Waals surface area contributed by atoms with Crippen molar-refractivity contribution < 1.29 is 23.9 Å². The molecule has 2 aromatic carbocycles. The maximum Gasteiger partial charge on any atom is 0.341 e. The number of carbonyl (C=O) groups is 3. The van der Waals surface area contributed by atoms with Gasteiger partial charge in [0.25, 0.3) is 5.91 Å². The average Bonchev–Trinajstić information content (AvgIpc) is 3.59. The van der Waals surface area contributed by atoms with Crippen LogP contribution in [0.1, 0.15) is 62.3 Å². The highest BCUT2D eigenvalue weighted by molar-refractivity contribution is 7.99. The molecule has 0 radical (unpaired) electrons. The number of nitrogens with zero attached hydrogens (tertiary/aromatic N) is 3. The third-order valence-electron chi connectivity index (χ3n) is 6.97. The number of thioether (sulfide) groups is 1. The van der Waals surface area contributed by atoms with Crippen LogP contribution in [0.3, 0.4) is 0 Å². The van der Waals surface area contributed by atoms with Gasteiger partial charge in [-0.2, -0.15) is 0 Å². The smallest absolute Gasteiger partial charge is 0.341 e. The third kappa shape index (κ3) is 7.44. The Morgan fingerprint density at radius 1 is 1.02 bits per heavy atom. The highest BCUT2D eigenvalue weighted by atomic mass is 32.2. The molecule has 10 nitrogen and oxygen atoms in total. The zero-order chi connectivity index (χ0) is 30.2. The van der Waals surface area contributed by atoms with Gasteiger partial charge in [0.2, 0.25) is 5.91 Å². The van der Waals surface area contributed by atoms with Gasteiger partial charge in [-0.15, -0.1) is 21.5 Å². The summed E-state index contributed by atoms with van der Waals surface area (Å²) in [6.07, 6.45) is 3.79. The van der Waals surface area contributed by atoms with Gasteiger partial charge in [-0.05, 0) is 68.0 Å². The fraction of sp³-hybridized carbons (Fsp3) is 0.323. The molecule has 1 aliphatic rings. The van der Waals surface area contributed by atoms with Crippen LogP contribution < -0.4 is 15.4 Å². The maximum atomic E-state index is 13.1. The minimum Gasteiger partial charge on any atom is -0.497 e. The molecule has 0 fully saturated rings. The summed E-state index contributed by atoms with van der Waals surface area (Å²) in [6, 6.07) is 16.7. The minimum atomic E-state index is -0.395. The molecule has 2 amide bonds. The summed E-state index contributed by atoms with van der Waals surface area (Å²) in [5, 5.41) is 15.6. The molecule has 1 aliphatic carbocycles. The highest BCUT2D eigenvalue weighted by Gasteiger charge is 2.27. The predicted octanol–water partition coefficient (Wildman–Crippen LogP) is 5.11. The van der Waals surface area contributed by atoms with E-state index in [2.05, 4.69) is 20.8 Å². The summed E-state index contributed by atoms with van der Waals surface area (Å²) in [5.41, 5.74) is 3.02. The second kappa shape index (κ2) is 14.3. The number of methoxy groups -OCH3 is 1. The zero-order valence-corrected chi connectivity index (χ0v) is 25.7. The quantitative estimate of drug-likeness (QED) is 0.166. The van der Waals surface area contributed by atoms with Crippen molar-refractivity contribution in [2.75, 3.05) is 24.8 Å². The lowest BCUT2D eigenvalue weighted by molar-refractivity contribution is -0.113. The molecular weight excluding hydrogens is 587 g/mol. The van der Waals surface area contributed by atoms with Gasteiger partial charge < -0.3 is 24.7 Å². The van der Waals surface area contributed by atoms with Crippen LogP contribution in [0.2, 0.25) is 0 Å². The Morgan fingerprint density at radius 2 is 1.79 bits per heavy atom. The molecule has 0 saturated carbocycles. The SMILES string of the molecule is CCOC(=O)c1c(NC(=O)CSc2nnc(CNC(=O)c3ccc(OC)cc3)n2Cc2ccccc2)sc2c1CCCC2. The van der Waals surface area contributed by atoms with Crippen molar-refractivity contribution in [3.8, 4) is 5.75 Å². The van der Waals surface area contributed by atoms with Crippen molar-refractivity contribution in [1.29, 1.82) is 0 Å². The van der Waals surface area contributed by atoms with Crippen LogP contribution in [0.5, 0.6) is 5.75 Å². The molecule has 2 aromatic heterocycles. The lowest BCUT2D eigenvalue weighted by atomic mass is 9.95. The summed E-state index contributed by atoms with van der Waals surface area (Å²) in [4.78, 5) is 39.8. The first-order valence-corrected chi connectivity index (χ1v) is 15.9. The molecule has 0 spiro atoms. The number of aromatic nitrogens is 3. The Bertz CT molecular complexity index is 1580. The number of aryl methyl sites for hydroxylation is 1. The van der Waals surface area contributed by atoms with Gasteiger partial charge in [0, 0.05) is 10.4 Å². The Morgan fingerprint density at radius 3 is 2.53 bits per heavy atom. The van der Waals surface area contributed by atoms with E-state index in [1.54, 1.807) is 38.3 Å². The van der Waals surface area contributed by atoms with E-state index in [9.17, 15) is 14.4 Å². The summed E-state index contributed by atoms with van der Waals surface area (Å²) < 4.78 is 12.4. The Hall–Kier alpha value is -4.16. The molecule has 0 aliphatic heterocycles. The van der Waals surface area contributed by atoms with E-state index >= 15 is 0 Å². The van der Waals surface area contributed by atoms with Gasteiger partial charge in [0.05, 0.1) is 38.1 Å². The number of carbonyl (C=O) groups excluding carboxylic acids is 3. The van der Waals surface area contributed by atoms with E-state index in [1.165, 1.54) is 23.1 Å². The van der Waals surface area contributed by atoms with Crippen molar-refractivity contribution >= 4 is 45.9 Å². The number of anilines is 1. The van der Waals surface area contributed by atoms with Crippen molar-refractivity contribution in [3.63, 3.8) is 0 Å². The number of fused-ring (bicyclic) bond motifs is 1. The normalized spacial score (nSPS) is 12.3. The van der Waals surface area contributed by atoms with Crippen LogP contribution in [-0.4, -0.2) is 52.0 Å². The van der Waals surface area contributed by atoms with Crippen molar-refractivity contribution in [1.82, 2.24) is 20.1 Å². The molecular formula is C31H33N5O5S2. The molecule has 12 heteroatoms. The van der Waals surface area contributed by atoms with Gasteiger partial charge in [-0.25, -0.2) is 4.79 Å². The first kappa shape index (κ1) is 30.3. The lowest BCUT2D eigenvalue weighted by Crippen LogP contribution is -2.25. The van der Waals surface area contributed by atoms with Crippen molar-refractivity contribution in [2.24, 2.45) is 0 Å². The summed E-state index contributed by atoms with van der Waals surface area (Å²) in [5.74, 6) is 0.397. The number of nitrogens with one attached hydrogen (secondary N) is 2. The van der Waals surface area contributed by atoms with Crippen molar-refractivity contribution in [2.45, 2.75) is 50.9 Å². The number of hydrogen-bond acceptors (Lipinski definition) is 9. The van der Waals surface area contributed by atoms with Crippen LogP contribution in [0.25, 0.3) is 0 Å². The van der Waals surface area contributed by atoms with Gasteiger partial charge in [0.15, 0.2) is 11.0 Å². The summed E-state index contributed by atoms with van der Waals surface area (Å²) >= 11 is 2.71. The van der Waals surface area contributed by atoms with Gasteiger partial charge >= 0.3 is 5.97 Å². The zero-order valence-electron chi connectivity index (χ0n) is 24.1. The number of ether oxygens (including phenoxy) is 2. The lowest BCUT2D eigenvalue weighted by Gasteiger charge is -2.12. The molecule has 224 valence electrons. The molecule has 0 bridgehead atoms. The number of hydrogen-bond donors (Lipinski definition) is 2. The van der Waals surface area contributed by atoms with Crippen LogP contribution in [0.4, 0.5) is 5.00 Å². The molecule has 0 atom stereocenters. The van der Waals surface area contributed by atoms with E-state index in [4.69, 9.17) is 9.47 Å². The van der Waals surface area contributed by atoms with Crippen LogP contribution in [-0.2, 0) is 35.5 Å². The largest absolute Gasteiger partial charge is 0.497 e. The number of benzene rings is 2. The average molecular weight is 620 g/mol. The van der Waals surface area contributed by atoms with Gasteiger partial charge in [0.1, 0.15) is 10.8 Å². The number of rotatable bonds is 12. The fourth-order valence-corrected chi connectivity index (χ4v) is 6.90. The fourth-order valence-electron chi connectivity index (χ4n) is 4.85. The first-order chi connectivity index (χ1) is 21.0. The topological polar surface area (TPSA) is 124 Å². The highest BCUT2D eigenvalue weighted by Crippen LogP contribution is 2.38. The second-order valence-corrected chi connectivity index (χ2v) is 11.9. The third-order valence-corrected chi connectivity index (χ3v) is 9.15. The molecule has 0 saturated heterocycles. The first-order valence-electron chi connectivity index (χ1n) is 14.1. The van der Waals surface area contributed by atoms with Crippen molar-refractivity contribution in [3.05, 3.63) is 87.6 Å². The number of amides is 2. The van der Waals surface area contributed by atoms with E-state index in [0.717, 1.165) is 41.7 Å².